The van der Waals surface area contributed by atoms with Gasteiger partial charge < -0.3 is 4.74 Å². The molecular weight excluding hydrogens is 359 g/mol. The summed E-state index contributed by atoms with van der Waals surface area (Å²) in [5.74, 6) is 1.36. The first kappa shape index (κ1) is 14.4. The maximum atomic E-state index is 13.4. The molecule has 0 bridgehead atoms. The van der Waals surface area contributed by atoms with Crippen LogP contribution >= 0.6 is 27.5 Å². The average molecular weight is 370 g/mol. The molecule has 0 spiro atoms. The summed E-state index contributed by atoms with van der Waals surface area (Å²) in [5, 5.41) is 0. The number of fused-ring (bicyclic) bond motifs is 1. The zero-order chi connectivity index (χ0) is 15.0. The Labute approximate surface area is 134 Å². The van der Waals surface area contributed by atoms with Gasteiger partial charge >= 0.3 is 0 Å². The third kappa shape index (κ3) is 2.51. The summed E-state index contributed by atoms with van der Waals surface area (Å²) < 4.78 is 21.0. The summed E-state index contributed by atoms with van der Waals surface area (Å²) in [7, 11) is 1.61. The second-order valence-electron chi connectivity index (χ2n) is 4.45. The quantitative estimate of drug-likeness (QED) is 0.627. The van der Waals surface area contributed by atoms with E-state index in [4.69, 9.17) is 16.3 Å². The molecule has 0 aliphatic carbocycles. The van der Waals surface area contributed by atoms with Gasteiger partial charge in [0, 0.05) is 11.8 Å². The number of ether oxygens (including phenoxy) is 1. The molecule has 0 atom stereocenters. The van der Waals surface area contributed by atoms with Crippen molar-refractivity contribution in [1.82, 2.24) is 9.55 Å². The van der Waals surface area contributed by atoms with Crippen molar-refractivity contribution in [2.75, 3.05) is 7.11 Å². The number of nitrogens with zero attached hydrogens (tertiary/aromatic N) is 2. The lowest BCUT2D eigenvalue weighted by molar-refractivity contribution is 0.415. The van der Waals surface area contributed by atoms with Gasteiger partial charge in [0.2, 0.25) is 0 Å². The molecule has 0 aliphatic heterocycles. The minimum absolute atomic E-state index is 0.256. The van der Waals surface area contributed by atoms with Gasteiger partial charge in [-0.05, 0) is 46.3 Å². The third-order valence-electron chi connectivity index (χ3n) is 3.21. The standard InChI is InChI=1S/C15H11BrClFN2O/c1-21-10-3-5-13-14(7-10)20(15(8-17)19-13)9-2-4-12(18)11(16)6-9/h2-7H,8H2,1H3. The number of imidazole rings is 1. The Kier molecular flexibility index (Phi) is 3.87. The fourth-order valence-electron chi connectivity index (χ4n) is 2.23. The Morgan fingerprint density at radius 1 is 1.29 bits per heavy atom. The highest BCUT2D eigenvalue weighted by atomic mass is 79.9. The molecule has 1 heterocycles. The van der Waals surface area contributed by atoms with Gasteiger partial charge in [0.15, 0.2) is 0 Å². The van der Waals surface area contributed by atoms with E-state index in [1.165, 1.54) is 6.07 Å². The minimum atomic E-state index is -0.312. The Morgan fingerprint density at radius 3 is 2.76 bits per heavy atom. The Morgan fingerprint density at radius 2 is 2.10 bits per heavy atom. The van der Waals surface area contributed by atoms with Gasteiger partial charge in [0.1, 0.15) is 17.4 Å². The maximum Gasteiger partial charge on any atom is 0.137 e. The van der Waals surface area contributed by atoms with Crippen LogP contribution in [0.4, 0.5) is 4.39 Å². The fourth-order valence-corrected chi connectivity index (χ4v) is 2.78. The Bertz CT molecular complexity index is 819. The Balaban J connectivity index is 2.30. The largest absolute Gasteiger partial charge is 0.497 e. The van der Waals surface area contributed by atoms with Crippen molar-refractivity contribution < 1.29 is 9.13 Å². The van der Waals surface area contributed by atoms with E-state index in [0.29, 0.717) is 10.3 Å². The molecule has 3 nitrogen and oxygen atoms in total. The first-order chi connectivity index (χ1) is 10.1. The maximum absolute atomic E-state index is 13.4. The highest BCUT2D eigenvalue weighted by Crippen LogP contribution is 2.28. The van der Waals surface area contributed by atoms with E-state index in [1.807, 2.05) is 22.8 Å². The lowest BCUT2D eigenvalue weighted by Gasteiger charge is -2.09. The molecule has 0 aliphatic rings. The van der Waals surface area contributed by atoms with Gasteiger partial charge in [-0.1, -0.05) is 0 Å². The molecule has 108 valence electrons. The first-order valence-corrected chi connectivity index (χ1v) is 7.53. The third-order valence-corrected chi connectivity index (χ3v) is 4.06. The predicted molar refractivity (Wildman–Crippen MR) is 84.8 cm³/mol. The number of alkyl halides is 1. The number of methoxy groups -OCH3 is 1. The van der Waals surface area contributed by atoms with Gasteiger partial charge in [0.25, 0.3) is 0 Å². The van der Waals surface area contributed by atoms with Crippen molar-refractivity contribution in [3.05, 3.63) is 52.5 Å². The zero-order valence-electron chi connectivity index (χ0n) is 11.1. The lowest BCUT2D eigenvalue weighted by Crippen LogP contribution is -2.00. The first-order valence-electron chi connectivity index (χ1n) is 6.21. The number of aromatic nitrogens is 2. The molecule has 2 aromatic carbocycles. The SMILES string of the molecule is COc1ccc2nc(CCl)n(-c3ccc(F)c(Br)c3)c2c1. The molecule has 0 saturated carbocycles. The number of hydrogen-bond donors (Lipinski definition) is 0. The van der Waals surface area contributed by atoms with Crippen LogP contribution in [0.5, 0.6) is 5.75 Å². The highest BCUT2D eigenvalue weighted by molar-refractivity contribution is 9.10. The van der Waals surface area contributed by atoms with E-state index < -0.39 is 0 Å². The van der Waals surface area contributed by atoms with Crippen LogP contribution in [0.1, 0.15) is 5.82 Å². The monoisotopic (exact) mass is 368 g/mol. The molecule has 0 saturated heterocycles. The van der Waals surface area contributed by atoms with Gasteiger partial charge in [-0.15, -0.1) is 11.6 Å². The lowest BCUT2D eigenvalue weighted by atomic mass is 10.2. The topological polar surface area (TPSA) is 27.1 Å². The van der Waals surface area contributed by atoms with Crippen molar-refractivity contribution in [1.29, 1.82) is 0 Å². The van der Waals surface area contributed by atoms with Gasteiger partial charge in [-0.2, -0.15) is 0 Å². The van der Waals surface area contributed by atoms with E-state index in [2.05, 4.69) is 20.9 Å². The normalized spacial score (nSPS) is 11.0. The van der Waals surface area contributed by atoms with Gasteiger partial charge in [0.05, 0.1) is 28.5 Å². The van der Waals surface area contributed by atoms with E-state index in [9.17, 15) is 4.39 Å². The van der Waals surface area contributed by atoms with Crippen LogP contribution in [-0.2, 0) is 5.88 Å². The molecule has 0 N–H and O–H groups in total. The summed E-state index contributed by atoms with van der Waals surface area (Å²) in [4.78, 5) is 4.50. The molecule has 0 unspecified atom stereocenters. The summed E-state index contributed by atoms with van der Waals surface area (Å²) in [6.45, 7) is 0. The fraction of sp³-hybridized carbons (Fsp3) is 0.133. The number of halogens is 3. The van der Waals surface area contributed by atoms with Crippen LogP contribution < -0.4 is 4.74 Å². The summed E-state index contributed by atoms with van der Waals surface area (Å²) in [6, 6.07) is 10.4. The highest BCUT2D eigenvalue weighted by Gasteiger charge is 2.13. The van der Waals surface area contributed by atoms with Crippen molar-refractivity contribution in [3.63, 3.8) is 0 Å². The van der Waals surface area contributed by atoms with Crippen molar-refractivity contribution >= 4 is 38.6 Å². The second kappa shape index (κ2) is 5.66. The number of hydrogen-bond acceptors (Lipinski definition) is 2. The molecule has 3 aromatic rings. The molecule has 6 heteroatoms. The zero-order valence-corrected chi connectivity index (χ0v) is 13.4. The van der Waals surface area contributed by atoms with Crippen molar-refractivity contribution in [3.8, 4) is 11.4 Å². The smallest absolute Gasteiger partial charge is 0.137 e. The van der Waals surface area contributed by atoms with Gasteiger partial charge in [-0.25, -0.2) is 9.37 Å². The molecule has 0 radical (unpaired) electrons. The summed E-state index contributed by atoms with van der Waals surface area (Å²) in [6.07, 6.45) is 0. The van der Waals surface area contributed by atoms with E-state index in [-0.39, 0.29) is 11.7 Å². The second-order valence-corrected chi connectivity index (χ2v) is 5.57. The Hall–Kier alpha value is -1.59. The molecule has 0 amide bonds. The van der Waals surface area contributed by atoms with Crippen LogP contribution in [0.3, 0.4) is 0 Å². The summed E-state index contributed by atoms with van der Waals surface area (Å²) in [5.41, 5.74) is 2.46. The van der Waals surface area contributed by atoms with Crippen LogP contribution in [0.25, 0.3) is 16.7 Å². The van der Waals surface area contributed by atoms with E-state index in [0.717, 1.165) is 22.5 Å². The van der Waals surface area contributed by atoms with Crippen molar-refractivity contribution in [2.24, 2.45) is 0 Å². The minimum Gasteiger partial charge on any atom is -0.497 e. The summed E-state index contributed by atoms with van der Waals surface area (Å²) >= 11 is 9.20. The van der Waals surface area contributed by atoms with Crippen LogP contribution in [-0.4, -0.2) is 16.7 Å². The van der Waals surface area contributed by atoms with E-state index >= 15 is 0 Å². The van der Waals surface area contributed by atoms with Crippen LogP contribution in [0.2, 0.25) is 0 Å². The van der Waals surface area contributed by atoms with Gasteiger partial charge in [-0.3, -0.25) is 4.57 Å². The molecule has 0 fully saturated rings. The van der Waals surface area contributed by atoms with Crippen molar-refractivity contribution in [2.45, 2.75) is 5.88 Å². The molecular formula is C15H11BrClFN2O. The molecule has 3 rings (SSSR count). The van der Waals surface area contributed by atoms with E-state index in [1.54, 1.807) is 19.2 Å². The molecule has 21 heavy (non-hydrogen) atoms. The average Bonchev–Trinajstić information content (AvgIpc) is 2.87. The van der Waals surface area contributed by atoms with Crippen LogP contribution in [0.15, 0.2) is 40.9 Å². The number of rotatable bonds is 3. The van der Waals surface area contributed by atoms with Crippen LogP contribution in [0, 0.1) is 5.82 Å². The molecule has 1 aromatic heterocycles. The number of benzene rings is 2. The predicted octanol–water partition coefficient (Wildman–Crippen LogP) is 4.67.